The molecule has 0 aliphatic carbocycles. The van der Waals surface area contributed by atoms with Crippen molar-refractivity contribution in [1.29, 1.82) is 0 Å². The van der Waals surface area contributed by atoms with Crippen molar-refractivity contribution in [2.75, 3.05) is 19.0 Å². The number of carbonyl (C=O) groups excluding carboxylic acids is 2. The van der Waals surface area contributed by atoms with Gasteiger partial charge in [-0.2, -0.15) is 0 Å². The number of methoxy groups -OCH3 is 1. The number of anilines is 1. The van der Waals surface area contributed by atoms with E-state index in [1.165, 1.54) is 7.11 Å². The first kappa shape index (κ1) is 19.2. The third-order valence-corrected chi connectivity index (χ3v) is 4.15. The van der Waals surface area contributed by atoms with Crippen LogP contribution in [0.1, 0.15) is 28.9 Å². The van der Waals surface area contributed by atoms with Gasteiger partial charge in [-0.05, 0) is 48.9 Å². The fourth-order valence-corrected chi connectivity index (χ4v) is 2.79. The highest BCUT2D eigenvalue weighted by Crippen LogP contribution is 2.25. The van der Waals surface area contributed by atoms with E-state index in [-0.39, 0.29) is 18.5 Å². The number of rotatable bonds is 6. The minimum absolute atomic E-state index is 0.110. The number of hydrogen-bond donors (Lipinski definition) is 2. The van der Waals surface area contributed by atoms with Gasteiger partial charge in [0.05, 0.1) is 19.2 Å². The first-order valence-electron chi connectivity index (χ1n) is 7.57. The summed E-state index contributed by atoms with van der Waals surface area (Å²) in [5.41, 5.74) is 1.88. The third-order valence-electron chi connectivity index (χ3n) is 3.59. The summed E-state index contributed by atoms with van der Waals surface area (Å²) < 4.78 is 4.63. The molecule has 2 rings (SSSR count). The number of hydrogen-bond acceptors (Lipinski definition) is 4. The first-order chi connectivity index (χ1) is 11.9. The summed E-state index contributed by atoms with van der Waals surface area (Å²) in [6.45, 7) is 2.02. The molecule has 0 spiro atoms. The Balaban J connectivity index is 1.88. The minimum Gasteiger partial charge on any atom is -0.465 e. The van der Waals surface area contributed by atoms with Crippen LogP contribution in [0.25, 0.3) is 0 Å². The Bertz CT molecular complexity index is 763. The fraction of sp³-hybridized carbons (Fsp3) is 0.222. The van der Waals surface area contributed by atoms with E-state index in [9.17, 15) is 9.59 Å². The molecular weight excluding hydrogens is 363 g/mol. The first-order valence-corrected chi connectivity index (χ1v) is 8.33. The Morgan fingerprint density at radius 3 is 2.40 bits per heavy atom. The second-order valence-corrected chi connectivity index (χ2v) is 6.23. The largest absolute Gasteiger partial charge is 0.465 e. The van der Waals surface area contributed by atoms with Gasteiger partial charge in [-0.3, -0.25) is 4.79 Å². The molecule has 5 nitrogen and oxygen atoms in total. The lowest BCUT2D eigenvalue weighted by molar-refractivity contribution is -0.115. The molecule has 0 heterocycles. The molecule has 2 aromatic rings. The summed E-state index contributed by atoms with van der Waals surface area (Å²) >= 11 is 12.0. The number of esters is 1. The van der Waals surface area contributed by atoms with Crippen LogP contribution in [-0.2, 0) is 9.53 Å². The fourth-order valence-electron chi connectivity index (χ4n) is 2.22. The van der Waals surface area contributed by atoms with Crippen LogP contribution in [0, 0.1) is 0 Å². The highest BCUT2D eigenvalue weighted by molar-refractivity contribution is 6.35. The van der Waals surface area contributed by atoms with E-state index in [0.717, 1.165) is 5.56 Å². The van der Waals surface area contributed by atoms with Crippen LogP contribution in [-0.4, -0.2) is 25.5 Å². The van der Waals surface area contributed by atoms with Gasteiger partial charge < -0.3 is 15.4 Å². The van der Waals surface area contributed by atoms with Gasteiger partial charge in [-0.1, -0.05) is 29.3 Å². The molecule has 0 radical (unpaired) electrons. The van der Waals surface area contributed by atoms with Gasteiger partial charge in [0.1, 0.15) is 0 Å². The lowest BCUT2D eigenvalue weighted by atomic mass is 10.1. The SMILES string of the molecule is COC(=O)c1ccc(NC(=O)CN[C@H](C)c2ccc(Cl)cc2Cl)cc1. The Hall–Kier alpha value is -2.08. The predicted molar refractivity (Wildman–Crippen MR) is 99.3 cm³/mol. The molecule has 1 amide bonds. The van der Waals surface area contributed by atoms with Gasteiger partial charge in [0.25, 0.3) is 0 Å². The lowest BCUT2D eigenvalue weighted by Crippen LogP contribution is -2.30. The summed E-state index contributed by atoms with van der Waals surface area (Å²) in [4.78, 5) is 23.4. The molecule has 25 heavy (non-hydrogen) atoms. The number of ether oxygens (including phenoxy) is 1. The monoisotopic (exact) mass is 380 g/mol. The zero-order valence-electron chi connectivity index (χ0n) is 13.8. The van der Waals surface area contributed by atoms with Crippen LogP contribution in [0.4, 0.5) is 5.69 Å². The number of carbonyl (C=O) groups is 2. The van der Waals surface area contributed by atoms with Crippen LogP contribution >= 0.6 is 23.2 Å². The molecule has 0 saturated carbocycles. The van der Waals surface area contributed by atoms with Crippen molar-refractivity contribution in [2.45, 2.75) is 13.0 Å². The Morgan fingerprint density at radius 1 is 1.12 bits per heavy atom. The molecule has 2 aromatic carbocycles. The summed E-state index contributed by atoms with van der Waals surface area (Å²) in [6, 6.07) is 11.6. The molecule has 0 bridgehead atoms. The van der Waals surface area contributed by atoms with Crippen molar-refractivity contribution < 1.29 is 14.3 Å². The van der Waals surface area contributed by atoms with Gasteiger partial charge in [-0.25, -0.2) is 4.79 Å². The number of amides is 1. The van der Waals surface area contributed by atoms with Crippen LogP contribution in [0.5, 0.6) is 0 Å². The third kappa shape index (κ3) is 5.46. The average molecular weight is 381 g/mol. The van der Waals surface area contributed by atoms with Gasteiger partial charge in [0.15, 0.2) is 0 Å². The summed E-state index contributed by atoms with van der Waals surface area (Å²) in [7, 11) is 1.32. The van der Waals surface area contributed by atoms with E-state index in [1.54, 1.807) is 36.4 Å². The highest BCUT2D eigenvalue weighted by Gasteiger charge is 2.12. The predicted octanol–water partition coefficient (Wildman–Crippen LogP) is 4.07. The maximum atomic E-state index is 12.0. The van der Waals surface area contributed by atoms with E-state index in [0.29, 0.717) is 21.3 Å². The van der Waals surface area contributed by atoms with Crippen LogP contribution in [0.3, 0.4) is 0 Å². The van der Waals surface area contributed by atoms with Crippen molar-refractivity contribution >= 4 is 40.8 Å². The van der Waals surface area contributed by atoms with Crippen molar-refractivity contribution in [3.8, 4) is 0 Å². The second-order valence-electron chi connectivity index (χ2n) is 5.39. The van der Waals surface area contributed by atoms with E-state index >= 15 is 0 Å². The van der Waals surface area contributed by atoms with Crippen molar-refractivity contribution in [3.63, 3.8) is 0 Å². The molecule has 7 heteroatoms. The van der Waals surface area contributed by atoms with E-state index in [4.69, 9.17) is 23.2 Å². The van der Waals surface area contributed by atoms with E-state index < -0.39 is 5.97 Å². The zero-order valence-corrected chi connectivity index (χ0v) is 15.3. The van der Waals surface area contributed by atoms with Crippen LogP contribution < -0.4 is 10.6 Å². The van der Waals surface area contributed by atoms with Gasteiger partial charge >= 0.3 is 5.97 Å². The molecule has 132 valence electrons. The van der Waals surface area contributed by atoms with Gasteiger partial charge in [0, 0.05) is 21.8 Å². The molecule has 2 N–H and O–H groups in total. The molecule has 1 atom stereocenters. The zero-order chi connectivity index (χ0) is 18.4. The quantitative estimate of drug-likeness (QED) is 0.741. The average Bonchev–Trinajstić information content (AvgIpc) is 2.59. The molecule has 0 fully saturated rings. The molecular formula is C18H18Cl2N2O3. The lowest BCUT2D eigenvalue weighted by Gasteiger charge is -2.16. The molecule has 0 saturated heterocycles. The topological polar surface area (TPSA) is 67.4 Å². The standard InChI is InChI=1S/C18H18Cl2N2O3/c1-11(15-8-5-13(19)9-16(15)20)21-10-17(23)22-14-6-3-12(4-7-14)18(24)25-2/h3-9,11,21H,10H2,1-2H3,(H,22,23)/t11-/m1/s1. The van der Waals surface area contributed by atoms with Gasteiger partial charge in [0.2, 0.25) is 5.91 Å². The van der Waals surface area contributed by atoms with Crippen LogP contribution in [0.2, 0.25) is 10.0 Å². The Labute approximate surface area is 156 Å². The smallest absolute Gasteiger partial charge is 0.337 e. The summed E-state index contributed by atoms with van der Waals surface area (Å²) in [6.07, 6.45) is 0. The van der Waals surface area contributed by atoms with Crippen molar-refractivity contribution in [3.05, 3.63) is 63.6 Å². The van der Waals surface area contributed by atoms with Crippen LogP contribution in [0.15, 0.2) is 42.5 Å². The molecule has 0 aliphatic rings. The normalized spacial score (nSPS) is 11.7. The van der Waals surface area contributed by atoms with Gasteiger partial charge in [-0.15, -0.1) is 0 Å². The maximum absolute atomic E-state index is 12.0. The highest BCUT2D eigenvalue weighted by atomic mass is 35.5. The van der Waals surface area contributed by atoms with E-state index in [1.807, 2.05) is 13.0 Å². The Morgan fingerprint density at radius 2 is 1.80 bits per heavy atom. The van der Waals surface area contributed by atoms with Crippen molar-refractivity contribution in [2.24, 2.45) is 0 Å². The molecule has 0 aromatic heterocycles. The number of halogens is 2. The Kier molecular flexibility index (Phi) is 6.82. The molecule has 0 unspecified atom stereocenters. The second kappa shape index (κ2) is 8.85. The van der Waals surface area contributed by atoms with Crippen molar-refractivity contribution in [1.82, 2.24) is 5.32 Å². The maximum Gasteiger partial charge on any atom is 0.337 e. The minimum atomic E-state index is -0.423. The van der Waals surface area contributed by atoms with E-state index in [2.05, 4.69) is 15.4 Å². The number of nitrogens with one attached hydrogen (secondary N) is 2. The summed E-state index contributed by atoms with van der Waals surface area (Å²) in [5.74, 6) is -0.629. The molecule has 0 aliphatic heterocycles. The summed E-state index contributed by atoms with van der Waals surface area (Å²) in [5, 5.41) is 6.96. The number of benzene rings is 2.